The topological polar surface area (TPSA) is 9.23 Å². The zero-order chi connectivity index (χ0) is 11.8. The first-order chi connectivity index (χ1) is 7.51. The lowest BCUT2D eigenvalue weighted by Gasteiger charge is -2.36. The molecule has 1 aliphatic rings. The third-order valence-electron chi connectivity index (χ3n) is 2.99. The molecule has 0 aromatic heterocycles. The molecular formula is C12H13ClF2O. The van der Waals surface area contributed by atoms with Crippen molar-refractivity contribution in [1.29, 1.82) is 0 Å². The van der Waals surface area contributed by atoms with Crippen LogP contribution in [0.4, 0.5) is 8.78 Å². The first-order valence-corrected chi connectivity index (χ1v) is 5.68. The van der Waals surface area contributed by atoms with Crippen molar-refractivity contribution >= 4 is 11.6 Å². The molecule has 2 rings (SSSR count). The number of alkyl halides is 1. The molecule has 1 fully saturated rings. The number of rotatable bonds is 1. The quantitative estimate of drug-likeness (QED) is 0.688. The van der Waals surface area contributed by atoms with E-state index >= 15 is 0 Å². The predicted molar refractivity (Wildman–Crippen MR) is 58.5 cm³/mol. The molecular weight excluding hydrogens is 234 g/mol. The highest BCUT2D eigenvalue weighted by molar-refractivity contribution is 6.20. The lowest BCUT2D eigenvalue weighted by atomic mass is 9.88. The summed E-state index contributed by atoms with van der Waals surface area (Å²) in [6, 6.07) is 3.86. The molecule has 16 heavy (non-hydrogen) atoms. The van der Waals surface area contributed by atoms with Crippen LogP contribution in [-0.4, -0.2) is 12.0 Å². The summed E-state index contributed by atoms with van der Waals surface area (Å²) >= 11 is 6.07. The molecule has 1 aromatic rings. The van der Waals surface area contributed by atoms with Crippen LogP contribution in [0.5, 0.6) is 0 Å². The van der Waals surface area contributed by atoms with Gasteiger partial charge < -0.3 is 4.74 Å². The third-order valence-corrected chi connectivity index (χ3v) is 3.37. The van der Waals surface area contributed by atoms with Gasteiger partial charge in [0.25, 0.3) is 0 Å². The van der Waals surface area contributed by atoms with Crippen LogP contribution >= 0.6 is 11.6 Å². The predicted octanol–water partition coefficient (Wildman–Crippen LogP) is 3.60. The number of halogens is 3. The normalized spacial score (nSPS) is 30.4. The number of hydrogen-bond acceptors (Lipinski definition) is 1. The van der Waals surface area contributed by atoms with Crippen molar-refractivity contribution in [1.82, 2.24) is 0 Å². The molecule has 1 nitrogen and oxygen atoms in total. The van der Waals surface area contributed by atoms with Gasteiger partial charge in [-0.1, -0.05) is 6.07 Å². The Labute approximate surface area is 98.4 Å². The minimum absolute atomic E-state index is 0.0202. The van der Waals surface area contributed by atoms with Crippen LogP contribution in [0.3, 0.4) is 0 Å². The lowest BCUT2D eigenvalue weighted by molar-refractivity contribution is -0.0686. The van der Waals surface area contributed by atoms with Crippen LogP contribution in [0, 0.1) is 11.6 Å². The Hall–Kier alpha value is -0.670. The highest BCUT2D eigenvalue weighted by Crippen LogP contribution is 2.37. The molecule has 0 saturated carbocycles. The third kappa shape index (κ3) is 2.20. The fraction of sp³-hybridized carbons (Fsp3) is 0.500. The van der Waals surface area contributed by atoms with Crippen molar-refractivity contribution < 1.29 is 13.5 Å². The summed E-state index contributed by atoms with van der Waals surface area (Å²) < 4.78 is 31.6. The van der Waals surface area contributed by atoms with Crippen molar-refractivity contribution in [2.45, 2.75) is 30.7 Å². The average molecular weight is 247 g/mol. The maximum absolute atomic E-state index is 13.1. The Kier molecular flexibility index (Phi) is 3.17. The smallest absolute Gasteiger partial charge is 0.159 e. The second-order valence-corrected chi connectivity index (χ2v) is 4.92. The van der Waals surface area contributed by atoms with Gasteiger partial charge in [-0.05, 0) is 37.5 Å². The summed E-state index contributed by atoms with van der Waals surface area (Å²) in [5.41, 5.74) is 0.0240. The van der Waals surface area contributed by atoms with Gasteiger partial charge in [0.2, 0.25) is 0 Å². The standard InChI is InChI=1S/C12H13ClF2O/c1-12(7-9(13)4-5-16-12)8-2-3-10(14)11(15)6-8/h2-3,6,9H,4-5,7H2,1H3. The average Bonchev–Trinajstić information content (AvgIpc) is 2.21. The maximum atomic E-state index is 13.1. The Morgan fingerprint density at radius 2 is 2.12 bits per heavy atom. The molecule has 0 spiro atoms. The van der Waals surface area contributed by atoms with Crippen LogP contribution in [0.2, 0.25) is 0 Å². The SMILES string of the molecule is CC1(c2ccc(F)c(F)c2)CC(Cl)CCO1. The first-order valence-electron chi connectivity index (χ1n) is 5.25. The van der Waals surface area contributed by atoms with Crippen molar-refractivity contribution in [2.24, 2.45) is 0 Å². The van der Waals surface area contributed by atoms with Gasteiger partial charge >= 0.3 is 0 Å². The second-order valence-electron chi connectivity index (χ2n) is 4.30. The van der Waals surface area contributed by atoms with Gasteiger partial charge in [-0.15, -0.1) is 11.6 Å². The molecule has 0 radical (unpaired) electrons. The van der Waals surface area contributed by atoms with Crippen LogP contribution < -0.4 is 0 Å². The fourth-order valence-corrected chi connectivity index (χ4v) is 2.41. The molecule has 0 N–H and O–H groups in total. The summed E-state index contributed by atoms with van der Waals surface area (Å²) in [6.07, 6.45) is 1.40. The van der Waals surface area contributed by atoms with Crippen LogP contribution in [0.1, 0.15) is 25.3 Å². The zero-order valence-corrected chi connectivity index (χ0v) is 9.73. The second kappa shape index (κ2) is 4.30. The molecule has 0 amide bonds. The number of hydrogen-bond donors (Lipinski definition) is 0. The van der Waals surface area contributed by atoms with E-state index in [1.165, 1.54) is 6.07 Å². The Morgan fingerprint density at radius 1 is 1.38 bits per heavy atom. The Balaban J connectivity index is 2.31. The van der Waals surface area contributed by atoms with Crippen LogP contribution in [0.15, 0.2) is 18.2 Å². The van der Waals surface area contributed by atoms with Gasteiger partial charge in [0, 0.05) is 12.0 Å². The van der Waals surface area contributed by atoms with E-state index in [1.54, 1.807) is 6.07 Å². The summed E-state index contributed by atoms with van der Waals surface area (Å²) in [5.74, 6) is -1.69. The van der Waals surface area contributed by atoms with E-state index in [2.05, 4.69) is 0 Å². The summed E-state index contributed by atoms with van der Waals surface area (Å²) in [4.78, 5) is 0. The summed E-state index contributed by atoms with van der Waals surface area (Å²) in [5, 5.41) is 0.0202. The van der Waals surface area contributed by atoms with Crippen molar-refractivity contribution in [3.05, 3.63) is 35.4 Å². The molecule has 1 aliphatic heterocycles. The number of ether oxygens (including phenoxy) is 1. The maximum Gasteiger partial charge on any atom is 0.159 e. The van der Waals surface area contributed by atoms with E-state index in [-0.39, 0.29) is 5.38 Å². The molecule has 2 atom stereocenters. The van der Waals surface area contributed by atoms with E-state index in [9.17, 15) is 8.78 Å². The minimum atomic E-state index is -0.848. The van der Waals surface area contributed by atoms with Gasteiger partial charge in [-0.2, -0.15) is 0 Å². The molecule has 2 unspecified atom stereocenters. The summed E-state index contributed by atoms with van der Waals surface area (Å²) in [7, 11) is 0. The molecule has 1 saturated heterocycles. The first kappa shape index (κ1) is 11.8. The van der Waals surface area contributed by atoms with Crippen molar-refractivity contribution in [2.75, 3.05) is 6.61 Å². The van der Waals surface area contributed by atoms with E-state index in [1.807, 2.05) is 6.92 Å². The van der Waals surface area contributed by atoms with Gasteiger partial charge in [0.1, 0.15) is 0 Å². The van der Waals surface area contributed by atoms with E-state index < -0.39 is 17.2 Å². The van der Waals surface area contributed by atoms with Crippen LogP contribution in [0.25, 0.3) is 0 Å². The molecule has 0 aliphatic carbocycles. The Bertz CT molecular complexity index is 397. The number of benzene rings is 1. The zero-order valence-electron chi connectivity index (χ0n) is 8.97. The highest BCUT2D eigenvalue weighted by Gasteiger charge is 2.34. The van der Waals surface area contributed by atoms with E-state index in [0.717, 1.165) is 12.5 Å². The van der Waals surface area contributed by atoms with Crippen LogP contribution in [-0.2, 0) is 10.3 Å². The Morgan fingerprint density at radius 3 is 2.75 bits per heavy atom. The highest BCUT2D eigenvalue weighted by atomic mass is 35.5. The molecule has 1 heterocycles. The van der Waals surface area contributed by atoms with E-state index in [0.29, 0.717) is 18.6 Å². The molecule has 4 heteroatoms. The van der Waals surface area contributed by atoms with Crippen molar-refractivity contribution in [3.63, 3.8) is 0 Å². The molecule has 1 aromatic carbocycles. The largest absolute Gasteiger partial charge is 0.370 e. The van der Waals surface area contributed by atoms with Gasteiger partial charge in [0.15, 0.2) is 11.6 Å². The van der Waals surface area contributed by atoms with Crippen molar-refractivity contribution in [3.8, 4) is 0 Å². The fourth-order valence-electron chi connectivity index (χ4n) is 2.02. The monoisotopic (exact) mass is 246 g/mol. The minimum Gasteiger partial charge on any atom is -0.370 e. The lowest BCUT2D eigenvalue weighted by Crippen LogP contribution is -2.35. The van der Waals surface area contributed by atoms with Gasteiger partial charge in [-0.3, -0.25) is 0 Å². The summed E-state index contributed by atoms with van der Waals surface area (Å²) in [6.45, 7) is 2.40. The molecule has 0 bridgehead atoms. The molecule has 88 valence electrons. The van der Waals surface area contributed by atoms with E-state index in [4.69, 9.17) is 16.3 Å². The van der Waals surface area contributed by atoms with Gasteiger partial charge in [-0.25, -0.2) is 8.78 Å². The van der Waals surface area contributed by atoms with Gasteiger partial charge in [0.05, 0.1) is 5.60 Å².